The predicted octanol–water partition coefficient (Wildman–Crippen LogP) is 3.05. The van der Waals surface area contributed by atoms with Gasteiger partial charge in [-0.3, -0.25) is 11.3 Å². The second-order valence-electron chi connectivity index (χ2n) is 4.49. The Hall–Kier alpha value is -0.980. The summed E-state index contributed by atoms with van der Waals surface area (Å²) in [6.45, 7) is 0. The minimum atomic E-state index is -0.176. The van der Waals surface area contributed by atoms with Gasteiger partial charge >= 0.3 is 0 Å². The van der Waals surface area contributed by atoms with Crippen molar-refractivity contribution in [3.63, 3.8) is 0 Å². The fourth-order valence-electron chi connectivity index (χ4n) is 2.02. The third-order valence-corrected chi connectivity index (χ3v) is 3.77. The minimum Gasteiger partial charge on any atom is -0.271 e. The lowest BCUT2D eigenvalue weighted by molar-refractivity contribution is 0.506. The van der Waals surface area contributed by atoms with Crippen molar-refractivity contribution in [3.8, 4) is 0 Å². The second-order valence-corrected chi connectivity index (χ2v) is 5.74. The van der Waals surface area contributed by atoms with Crippen LogP contribution in [0.2, 0.25) is 0 Å². The van der Waals surface area contributed by atoms with Crippen LogP contribution in [0.1, 0.15) is 11.1 Å². The van der Waals surface area contributed by atoms with Gasteiger partial charge in [-0.25, -0.2) is 4.39 Å². The summed E-state index contributed by atoms with van der Waals surface area (Å²) in [6, 6.07) is 15.1. The molecule has 0 bridgehead atoms. The number of hydrogen-bond donors (Lipinski definition) is 2. The molecule has 1 atom stereocenters. The van der Waals surface area contributed by atoms with E-state index in [4.69, 9.17) is 5.84 Å². The van der Waals surface area contributed by atoms with Gasteiger partial charge in [0.1, 0.15) is 5.82 Å². The molecule has 0 amide bonds. The van der Waals surface area contributed by atoms with Gasteiger partial charge < -0.3 is 0 Å². The molecule has 0 fully saturated rings. The van der Waals surface area contributed by atoms with Gasteiger partial charge in [0.15, 0.2) is 0 Å². The van der Waals surface area contributed by atoms with Gasteiger partial charge in [0, 0.05) is 9.61 Å². The lowest BCUT2D eigenvalue weighted by Crippen LogP contribution is -2.38. The third-order valence-electron chi connectivity index (χ3n) is 3.06. The van der Waals surface area contributed by atoms with Crippen LogP contribution >= 0.6 is 22.6 Å². The van der Waals surface area contributed by atoms with Gasteiger partial charge in [0.25, 0.3) is 0 Å². The Labute approximate surface area is 126 Å². The van der Waals surface area contributed by atoms with Crippen molar-refractivity contribution < 1.29 is 4.39 Å². The molecular formula is C15H16FIN2. The summed E-state index contributed by atoms with van der Waals surface area (Å²) in [4.78, 5) is 0. The molecule has 0 aliphatic heterocycles. The Morgan fingerprint density at radius 3 is 2.37 bits per heavy atom. The first kappa shape index (κ1) is 14.4. The molecule has 0 aliphatic carbocycles. The molecule has 0 saturated carbocycles. The van der Waals surface area contributed by atoms with Gasteiger partial charge in [-0.2, -0.15) is 0 Å². The highest BCUT2D eigenvalue weighted by Gasteiger charge is 2.11. The third kappa shape index (κ3) is 4.26. The lowest BCUT2D eigenvalue weighted by Gasteiger charge is -2.16. The fraction of sp³-hybridized carbons (Fsp3) is 0.200. The number of nitrogens with two attached hydrogens (primary N) is 1. The van der Waals surface area contributed by atoms with Crippen molar-refractivity contribution in [2.45, 2.75) is 18.9 Å². The molecule has 2 rings (SSSR count). The van der Waals surface area contributed by atoms with Crippen LogP contribution in [0.4, 0.5) is 4.39 Å². The number of hydrazine groups is 1. The van der Waals surface area contributed by atoms with Gasteiger partial charge in [-0.15, -0.1) is 0 Å². The van der Waals surface area contributed by atoms with Gasteiger partial charge in [-0.1, -0.05) is 30.3 Å². The standard InChI is InChI=1S/C15H16FIN2/c16-15-4-2-1-3-12(15)10-14(19-18)9-11-5-7-13(17)8-6-11/h1-8,14,19H,9-10,18H2. The van der Waals surface area contributed by atoms with Gasteiger partial charge in [0.2, 0.25) is 0 Å². The van der Waals surface area contributed by atoms with Crippen molar-refractivity contribution >= 4 is 22.6 Å². The molecule has 2 aromatic rings. The maximum Gasteiger partial charge on any atom is 0.126 e. The molecule has 0 saturated heterocycles. The Kier molecular flexibility index (Phi) is 5.30. The quantitative estimate of drug-likeness (QED) is 0.483. The predicted molar refractivity (Wildman–Crippen MR) is 84.1 cm³/mol. The Balaban J connectivity index is 2.05. The van der Waals surface area contributed by atoms with E-state index in [0.29, 0.717) is 12.0 Å². The van der Waals surface area contributed by atoms with Crippen LogP contribution < -0.4 is 11.3 Å². The number of nitrogens with one attached hydrogen (secondary N) is 1. The largest absolute Gasteiger partial charge is 0.271 e. The first-order chi connectivity index (χ1) is 9.19. The number of hydrogen-bond acceptors (Lipinski definition) is 2. The smallest absolute Gasteiger partial charge is 0.126 e. The summed E-state index contributed by atoms with van der Waals surface area (Å²) in [7, 11) is 0. The first-order valence-corrected chi connectivity index (χ1v) is 7.21. The molecule has 2 aromatic carbocycles. The van der Waals surface area contributed by atoms with Crippen LogP contribution in [0.15, 0.2) is 48.5 Å². The normalized spacial score (nSPS) is 12.4. The van der Waals surface area contributed by atoms with Crippen molar-refractivity contribution in [1.29, 1.82) is 0 Å². The average molecular weight is 370 g/mol. The molecule has 0 aliphatic rings. The molecule has 0 spiro atoms. The maximum atomic E-state index is 13.6. The van der Waals surface area contributed by atoms with Crippen LogP contribution in [0.3, 0.4) is 0 Å². The average Bonchev–Trinajstić information content (AvgIpc) is 2.43. The molecule has 4 heteroatoms. The van der Waals surface area contributed by atoms with E-state index in [1.54, 1.807) is 12.1 Å². The molecule has 1 unspecified atom stereocenters. The Morgan fingerprint density at radius 1 is 1.05 bits per heavy atom. The fourth-order valence-corrected chi connectivity index (χ4v) is 2.38. The Morgan fingerprint density at radius 2 is 1.74 bits per heavy atom. The van der Waals surface area contributed by atoms with E-state index < -0.39 is 0 Å². The van der Waals surface area contributed by atoms with E-state index in [9.17, 15) is 4.39 Å². The van der Waals surface area contributed by atoms with Crippen LogP contribution in [-0.4, -0.2) is 6.04 Å². The minimum absolute atomic E-state index is 0.0250. The molecule has 100 valence electrons. The van der Waals surface area contributed by atoms with Crippen LogP contribution in [0.5, 0.6) is 0 Å². The topological polar surface area (TPSA) is 38.0 Å². The van der Waals surface area contributed by atoms with Gasteiger partial charge in [0.05, 0.1) is 0 Å². The molecule has 3 N–H and O–H groups in total. The van der Waals surface area contributed by atoms with Crippen LogP contribution in [-0.2, 0) is 12.8 Å². The monoisotopic (exact) mass is 370 g/mol. The highest BCUT2D eigenvalue weighted by Crippen LogP contribution is 2.13. The summed E-state index contributed by atoms with van der Waals surface area (Å²) in [5.41, 5.74) is 4.66. The molecule has 0 aromatic heterocycles. The first-order valence-electron chi connectivity index (χ1n) is 6.13. The zero-order valence-electron chi connectivity index (χ0n) is 10.4. The number of benzene rings is 2. The summed E-state index contributed by atoms with van der Waals surface area (Å²) in [5.74, 6) is 5.40. The lowest BCUT2D eigenvalue weighted by atomic mass is 9.99. The number of rotatable bonds is 5. The van der Waals surface area contributed by atoms with E-state index in [1.807, 2.05) is 6.07 Å². The molecule has 0 radical (unpaired) electrons. The summed E-state index contributed by atoms with van der Waals surface area (Å²) in [6.07, 6.45) is 1.36. The van der Waals surface area contributed by atoms with E-state index in [2.05, 4.69) is 52.3 Å². The highest BCUT2D eigenvalue weighted by atomic mass is 127. The summed E-state index contributed by atoms with van der Waals surface area (Å²) in [5, 5.41) is 0. The van der Waals surface area contributed by atoms with Crippen molar-refractivity contribution in [2.75, 3.05) is 0 Å². The molecule has 19 heavy (non-hydrogen) atoms. The highest BCUT2D eigenvalue weighted by molar-refractivity contribution is 14.1. The van der Waals surface area contributed by atoms with Crippen LogP contribution in [0.25, 0.3) is 0 Å². The van der Waals surface area contributed by atoms with E-state index in [0.717, 1.165) is 6.42 Å². The van der Waals surface area contributed by atoms with Crippen molar-refractivity contribution in [1.82, 2.24) is 5.43 Å². The second kappa shape index (κ2) is 6.98. The zero-order valence-corrected chi connectivity index (χ0v) is 12.6. The molecule has 0 heterocycles. The van der Waals surface area contributed by atoms with Gasteiger partial charge in [-0.05, 0) is 64.8 Å². The summed E-state index contributed by atoms with van der Waals surface area (Å²) >= 11 is 2.27. The molecule has 2 nitrogen and oxygen atoms in total. The van der Waals surface area contributed by atoms with E-state index in [1.165, 1.54) is 15.2 Å². The van der Waals surface area contributed by atoms with E-state index >= 15 is 0 Å². The molecular weight excluding hydrogens is 354 g/mol. The Bertz CT molecular complexity index is 528. The van der Waals surface area contributed by atoms with Crippen LogP contribution in [0, 0.1) is 9.39 Å². The van der Waals surface area contributed by atoms with Crippen molar-refractivity contribution in [2.24, 2.45) is 5.84 Å². The van der Waals surface area contributed by atoms with Crippen molar-refractivity contribution in [3.05, 3.63) is 69.0 Å². The SMILES string of the molecule is NNC(Cc1ccc(I)cc1)Cc1ccccc1F. The van der Waals surface area contributed by atoms with E-state index in [-0.39, 0.29) is 11.9 Å². The number of halogens is 2. The maximum absolute atomic E-state index is 13.6. The summed E-state index contributed by atoms with van der Waals surface area (Å²) < 4.78 is 14.8. The zero-order chi connectivity index (χ0) is 13.7.